The molecular weight excluding hydrogens is 248 g/mol. The van der Waals surface area contributed by atoms with Gasteiger partial charge in [0.25, 0.3) is 0 Å². The summed E-state index contributed by atoms with van der Waals surface area (Å²) < 4.78 is 26.2. The molecule has 0 bridgehead atoms. The second kappa shape index (κ2) is 8.12. The molecule has 0 saturated heterocycles. The van der Waals surface area contributed by atoms with Crippen molar-refractivity contribution in [2.45, 2.75) is 46.8 Å². The molecule has 0 radical (unpaired) electrons. The standard InChI is InChI=1S/C13H30N2O2S/c1-7-14(8-2)9-10-15(11-12(3)4)18(16,17)13(5)6/h12-13H,7-11H2,1-6H3. The van der Waals surface area contributed by atoms with Gasteiger partial charge in [-0.05, 0) is 32.9 Å². The van der Waals surface area contributed by atoms with Crippen molar-refractivity contribution >= 4 is 10.0 Å². The van der Waals surface area contributed by atoms with E-state index in [4.69, 9.17) is 0 Å². The fourth-order valence-corrected chi connectivity index (χ4v) is 3.26. The van der Waals surface area contributed by atoms with Gasteiger partial charge in [0, 0.05) is 19.6 Å². The van der Waals surface area contributed by atoms with Gasteiger partial charge >= 0.3 is 0 Å². The van der Waals surface area contributed by atoms with E-state index in [2.05, 4.69) is 32.6 Å². The molecule has 0 unspecified atom stereocenters. The Kier molecular flexibility index (Phi) is 8.06. The van der Waals surface area contributed by atoms with Crippen molar-refractivity contribution in [2.24, 2.45) is 5.92 Å². The monoisotopic (exact) mass is 278 g/mol. The number of likely N-dealkylation sites (N-methyl/N-ethyl adjacent to an activating group) is 1. The van der Waals surface area contributed by atoms with E-state index in [1.807, 2.05) is 0 Å². The molecule has 0 aliphatic heterocycles. The third-order valence-electron chi connectivity index (χ3n) is 3.08. The number of nitrogens with zero attached hydrogens (tertiary/aromatic N) is 2. The van der Waals surface area contributed by atoms with Gasteiger partial charge in [0.1, 0.15) is 0 Å². The van der Waals surface area contributed by atoms with Gasteiger partial charge in [-0.2, -0.15) is 0 Å². The van der Waals surface area contributed by atoms with Crippen LogP contribution in [-0.4, -0.2) is 55.6 Å². The van der Waals surface area contributed by atoms with Crippen molar-refractivity contribution < 1.29 is 8.42 Å². The second-order valence-corrected chi connectivity index (χ2v) is 7.86. The molecule has 0 N–H and O–H groups in total. The Balaban J connectivity index is 4.70. The number of hydrogen-bond acceptors (Lipinski definition) is 3. The molecule has 110 valence electrons. The minimum Gasteiger partial charge on any atom is -0.303 e. The van der Waals surface area contributed by atoms with E-state index in [0.717, 1.165) is 19.6 Å². The second-order valence-electron chi connectivity index (χ2n) is 5.37. The molecule has 0 aromatic carbocycles. The Morgan fingerprint density at radius 1 is 0.944 bits per heavy atom. The molecule has 0 aliphatic rings. The van der Waals surface area contributed by atoms with E-state index in [9.17, 15) is 8.42 Å². The minimum absolute atomic E-state index is 0.340. The van der Waals surface area contributed by atoms with E-state index in [-0.39, 0.29) is 5.25 Å². The Morgan fingerprint density at radius 2 is 1.44 bits per heavy atom. The smallest absolute Gasteiger partial charge is 0.216 e. The number of rotatable bonds is 9. The SMILES string of the molecule is CCN(CC)CCN(CC(C)C)S(=O)(=O)C(C)C. The van der Waals surface area contributed by atoms with Crippen LogP contribution in [0.2, 0.25) is 0 Å². The molecule has 0 rings (SSSR count). The zero-order valence-corrected chi connectivity index (χ0v) is 13.6. The van der Waals surface area contributed by atoms with Gasteiger partial charge in [-0.15, -0.1) is 0 Å². The van der Waals surface area contributed by atoms with Crippen LogP contribution < -0.4 is 0 Å². The summed E-state index contributed by atoms with van der Waals surface area (Å²) >= 11 is 0. The van der Waals surface area contributed by atoms with Gasteiger partial charge in [-0.1, -0.05) is 27.7 Å². The lowest BCUT2D eigenvalue weighted by Crippen LogP contribution is -2.43. The zero-order chi connectivity index (χ0) is 14.3. The lowest BCUT2D eigenvalue weighted by atomic mass is 10.2. The summed E-state index contributed by atoms with van der Waals surface area (Å²) in [6, 6.07) is 0. The van der Waals surface area contributed by atoms with Crippen LogP contribution in [0.15, 0.2) is 0 Å². The first-order valence-electron chi connectivity index (χ1n) is 6.96. The van der Waals surface area contributed by atoms with Crippen LogP contribution in [0.4, 0.5) is 0 Å². The van der Waals surface area contributed by atoms with Crippen molar-refractivity contribution in [3.05, 3.63) is 0 Å². The zero-order valence-electron chi connectivity index (χ0n) is 12.8. The summed E-state index contributed by atoms with van der Waals surface area (Å²) in [4.78, 5) is 2.25. The lowest BCUT2D eigenvalue weighted by molar-refractivity contribution is 0.261. The van der Waals surface area contributed by atoms with E-state index in [1.54, 1.807) is 18.2 Å². The van der Waals surface area contributed by atoms with Crippen LogP contribution in [0.25, 0.3) is 0 Å². The fraction of sp³-hybridized carbons (Fsp3) is 1.00. The van der Waals surface area contributed by atoms with E-state index in [1.165, 1.54) is 0 Å². The summed E-state index contributed by atoms with van der Waals surface area (Å²) in [5, 5.41) is -0.340. The van der Waals surface area contributed by atoms with Gasteiger partial charge in [0.05, 0.1) is 5.25 Å². The first kappa shape index (κ1) is 17.9. The van der Waals surface area contributed by atoms with Crippen LogP contribution in [0.3, 0.4) is 0 Å². The summed E-state index contributed by atoms with van der Waals surface area (Å²) in [5.41, 5.74) is 0. The molecule has 0 saturated carbocycles. The highest BCUT2D eigenvalue weighted by Gasteiger charge is 2.26. The number of sulfonamides is 1. The molecule has 0 heterocycles. The van der Waals surface area contributed by atoms with Crippen molar-refractivity contribution in [3.8, 4) is 0 Å². The average Bonchev–Trinajstić information content (AvgIpc) is 2.27. The largest absolute Gasteiger partial charge is 0.303 e. The highest BCUT2D eigenvalue weighted by molar-refractivity contribution is 7.89. The third kappa shape index (κ3) is 5.67. The maximum atomic E-state index is 12.3. The first-order chi connectivity index (χ1) is 8.25. The molecule has 0 fully saturated rings. The van der Waals surface area contributed by atoms with Crippen molar-refractivity contribution in [1.82, 2.24) is 9.21 Å². The Labute approximate surface area is 113 Å². The molecule has 0 amide bonds. The summed E-state index contributed by atoms with van der Waals surface area (Å²) in [6.07, 6.45) is 0. The first-order valence-corrected chi connectivity index (χ1v) is 8.47. The van der Waals surface area contributed by atoms with Gasteiger partial charge in [0.15, 0.2) is 0 Å². The van der Waals surface area contributed by atoms with Crippen LogP contribution in [0.1, 0.15) is 41.5 Å². The Hall–Kier alpha value is -0.130. The van der Waals surface area contributed by atoms with Crippen molar-refractivity contribution in [2.75, 3.05) is 32.7 Å². The maximum absolute atomic E-state index is 12.3. The van der Waals surface area contributed by atoms with E-state index in [0.29, 0.717) is 19.0 Å². The van der Waals surface area contributed by atoms with Crippen LogP contribution >= 0.6 is 0 Å². The molecule has 0 atom stereocenters. The predicted octanol–water partition coefficient (Wildman–Crippen LogP) is 2.02. The molecule has 0 aromatic heterocycles. The van der Waals surface area contributed by atoms with Gasteiger partial charge in [-0.3, -0.25) is 0 Å². The topological polar surface area (TPSA) is 40.6 Å². The van der Waals surface area contributed by atoms with Crippen molar-refractivity contribution in [3.63, 3.8) is 0 Å². The number of hydrogen-bond donors (Lipinski definition) is 0. The molecule has 0 aliphatic carbocycles. The normalized spacial score (nSPS) is 13.2. The van der Waals surface area contributed by atoms with Crippen LogP contribution in [0.5, 0.6) is 0 Å². The Morgan fingerprint density at radius 3 is 1.78 bits per heavy atom. The van der Waals surface area contributed by atoms with Crippen molar-refractivity contribution in [1.29, 1.82) is 0 Å². The maximum Gasteiger partial charge on any atom is 0.216 e. The molecule has 18 heavy (non-hydrogen) atoms. The highest BCUT2D eigenvalue weighted by Crippen LogP contribution is 2.11. The molecule has 4 nitrogen and oxygen atoms in total. The lowest BCUT2D eigenvalue weighted by Gasteiger charge is -2.28. The van der Waals surface area contributed by atoms with E-state index >= 15 is 0 Å². The molecule has 0 aromatic rings. The van der Waals surface area contributed by atoms with Gasteiger partial charge in [-0.25, -0.2) is 12.7 Å². The highest BCUT2D eigenvalue weighted by atomic mass is 32.2. The summed E-state index contributed by atoms with van der Waals surface area (Å²) in [5.74, 6) is 0.357. The third-order valence-corrected chi connectivity index (χ3v) is 5.33. The average molecular weight is 278 g/mol. The van der Waals surface area contributed by atoms with Crippen LogP contribution in [-0.2, 0) is 10.0 Å². The molecule has 5 heteroatoms. The molecular formula is C13H30N2O2S. The van der Waals surface area contributed by atoms with Crippen LogP contribution in [0, 0.1) is 5.92 Å². The Bertz CT molecular complexity index is 309. The fourth-order valence-electron chi connectivity index (χ4n) is 1.82. The molecule has 0 spiro atoms. The summed E-state index contributed by atoms with van der Waals surface area (Å²) in [6.45, 7) is 15.8. The summed E-state index contributed by atoms with van der Waals surface area (Å²) in [7, 11) is -3.14. The minimum atomic E-state index is -3.14. The quantitative estimate of drug-likeness (QED) is 0.648. The van der Waals surface area contributed by atoms with Gasteiger partial charge < -0.3 is 4.90 Å². The van der Waals surface area contributed by atoms with Gasteiger partial charge in [0.2, 0.25) is 10.0 Å². The predicted molar refractivity (Wildman–Crippen MR) is 78.3 cm³/mol. The van der Waals surface area contributed by atoms with E-state index < -0.39 is 10.0 Å².